The molecule has 2 heteroatoms. The van der Waals surface area contributed by atoms with Crippen LogP contribution in [0.15, 0.2) is 18.2 Å². The molecule has 0 heterocycles. The van der Waals surface area contributed by atoms with Gasteiger partial charge in [0, 0.05) is 0 Å². The second kappa shape index (κ2) is 6.18. The van der Waals surface area contributed by atoms with Gasteiger partial charge in [-0.05, 0) is 92.6 Å². The van der Waals surface area contributed by atoms with Gasteiger partial charge in [0.2, 0.25) is 0 Å². The average molecular weight is 308 g/mol. The molecule has 122 valence electrons. The molecule has 0 unspecified atom stereocenters. The summed E-state index contributed by atoms with van der Waals surface area (Å²) in [7, 11) is 7.69. The summed E-state index contributed by atoms with van der Waals surface area (Å²) >= 11 is 0. The first kappa shape index (κ1) is 15.6. The number of methoxy groups -OCH3 is 1. The number of benzene rings is 1. The quantitative estimate of drug-likeness (QED) is 0.558. The molecule has 1 aromatic rings. The zero-order valence-electron chi connectivity index (χ0n) is 14.5. The number of hydrogen-bond acceptors (Lipinski definition) is 1. The first-order valence-corrected chi connectivity index (χ1v) is 9.58. The van der Waals surface area contributed by atoms with Gasteiger partial charge in [-0.3, -0.25) is 0 Å². The minimum absolute atomic E-state index is 0.731. The van der Waals surface area contributed by atoms with Crippen molar-refractivity contribution in [1.82, 2.24) is 0 Å². The summed E-state index contributed by atoms with van der Waals surface area (Å²) in [6.45, 7) is 0. The summed E-state index contributed by atoms with van der Waals surface area (Å²) in [5, 5.41) is 0. The van der Waals surface area contributed by atoms with E-state index in [9.17, 15) is 0 Å². The van der Waals surface area contributed by atoms with E-state index in [1.165, 1.54) is 24.8 Å². The number of aryl methyl sites for hydroxylation is 1. The third kappa shape index (κ3) is 3.19. The molecule has 23 heavy (non-hydrogen) atoms. The predicted molar refractivity (Wildman–Crippen MR) is 96.5 cm³/mol. The maximum atomic E-state index is 5.93. The van der Waals surface area contributed by atoms with Crippen molar-refractivity contribution in [1.29, 1.82) is 0 Å². The van der Waals surface area contributed by atoms with Gasteiger partial charge in [0.15, 0.2) is 0 Å². The maximum Gasteiger partial charge on any atom is 0.122 e. The Morgan fingerprint density at radius 3 is 2.30 bits per heavy atom. The molecular weight excluding hydrogens is 279 g/mol. The second-order valence-corrected chi connectivity index (χ2v) is 8.70. The van der Waals surface area contributed by atoms with Crippen LogP contribution in [0.4, 0.5) is 0 Å². The van der Waals surface area contributed by atoms with Crippen LogP contribution < -0.4 is 10.2 Å². The Hall–Kier alpha value is -0.915. The lowest BCUT2D eigenvalue weighted by Gasteiger charge is -2.57. The first-order chi connectivity index (χ1) is 11.2. The summed E-state index contributed by atoms with van der Waals surface area (Å²) < 4.78 is 5.48. The standard InChI is InChI=1S/C21H29BO/c1-23-20-6-5-19(22)11-18(20)4-2-3-7-21-12-15-8-16(13-21)10-17(9-15)14-21/h5-6,11,15-17H,2-4,7-10,12-14H2,1H3. The highest BCUT2D eigenvalue weighted by Crippen LogP contribution is 2.61. The molecule has 0 amide bonds. The highest BCUT2D eigenvalue weighted by Gasteiger charge is 2.50. The number of unbranched alkanes of at least 4 members (excludes halogenated alkanes) is 1. The monoisotopic (exact) mass is 308 g/mol. The third-order valence-corrected chi connectivity index (χ3v) is 6.87. The minimum Gasteiger partial charge on any atom is -0.496 e. The molecule has 0 atom stereocenters. The molecule has 0 aliphatic heterocycles. The van der Waals surface area contributed by atoms with Crippen molar-refractivity contribution in [2.45, 2.75) is 64.2 Å². The zero-order chi connectivity index (χ0) is 15.9. The molecule has 4 bridgehead atoms. The van der Waals surface area contributed by atoms with Crippen molar-refractivity contribution in [3.05, 3.63) is 23.8 Å². The fraction of sp³-hybridized carbons (Fsp3) is 0.714. The van der Waals surface area contributed by atoms with E-state index in [0.717, 1.165) is 40.8 Å². The Morgan fingerprint density at radius 1 is 1.04 bits per heavy atom. The molecule has 1 nitrogen and oxygen atoms in total. The molecule has 4 aliphatic rings. The van der Waals surface area contributed by atoms with E-state index in [-0.39, 0.29) is 0 Å². The van der Waals surface area contributed by atoms with Crippen LogP contribution in [0.2, 0.25) is 0 Å². The van der Waals surface area contributed by atoms with Gasteiger partial charge in [-0.15, -0.1) is 0 Å². The average Bonchev–Trinajstić information content (AvgIpc) is 2.50. The fourth-order valence-corrected chi connectivity index (χ4v) is 6.41. The van der Waals surface area contributed by atoms with E-state index < -0.39 is 0 Å². The Morgan fingerprint density at radius 2 is 1.70 bits per heavy atom. The highest BCUT2D eigenvalue weighted by atomic mass is 16.5. The zero-order valence-corrected chi connectivity index (χ0v) is 14.5. The summed E-state index contributed by atoms with van der Waals surface area (Å²) in [4.78, 5) is 0. The van der Waals surface area contributed by atoms with Gasteiger partial charge in [0.25, 0.3) is 0 Å². The van der Waals surface area contributed by atoms with E-state index in [4.69, 9.17) is 12.6 Å². The maximum absolute atomic E-state index is 5.93. The van der Waals surface area contributed by atoms with Gasteiger partial charge >= 0.3 is 0 Å². The van der Waals surface area contributed by atoms with Crippen molar-refractivity contribution in [2.75, 3.05) is 7.11 Å². The van der Waals surface area contributed by atoms with Gasteiger partial charge in [-0.1, -0.05) is 24.0 Å². The lowest BCUT2D eigenvalue weighted by molar-refractivity contribution is -0.0582. The number of rotatable bonds is 6. The summed E-state index contributed by atoms with van der Waals surface area (Å²) in [5.74, 6) is 4.23. The molecule has 0 N–H and O–H groups in total. The molecule has 1 aromatic carbocycles. The van der Waals surface area contributed by atoms with Crippen molar-refractivity contribution in [2.24, 2.45) is 23.2 Å². The Balaban J connectivity index is 1.32. The van der Waals surface area contributed by atoms with Crippen LogP contribution in [0.25, 0.3) is 0 Å². The van der Waals surface area contributed by atoms with E-state index in [2.05, 4.69) is 6.07 Å². The Bertz CT molecular complexity index is 530. The van der Waals surface area contributed by atoms with Crippen molar-refractivity contribution >= 4 is 13.3 Å². The largest absolute Gasteiger partial charge is 0.496 e. The summed E-state index contributed by atoms with van der Waals surface area (Å²) in [5.41, 5.74) is 2.86. The molecule has 4 saturated carbocycles. The summed E-state index contributed by atoms with van der Waals surface area (Å²) in [6, 6.07) is 6.02. The molecular formula is C21H29BO. The topological polar surface area (TPSA) is 9.23 Å². The third-order valence-electron chi connectivity index (χ3n) is 6.87. The van der Waals surface area contributed by atoms with Crippen LogP contribution >= 0.6 is 0 Å². The van der Waals surface area contributed by atoms with Crippen LogP contribution in [-0.2, 0) is 6.42 Å². The number of ether oxygens (including phenoxy) is 1. The van der Waals surface area contributed by atoms with Gasteiger partial charge in [0.1, 0.15) is 13.6 Å². The van der Waals surface area contributed by atoms with Crippen molar-refractivity contribution < 1.29 is 4.74 Å². The highest BCUT2D eigenvalue weighted by molar-refractivity contribution is 6.32. The Labute approximate surface area is 142 Å². The van der Waals surface area contributed by atoms with Gasteiger partial charge in [0.05, 0.1) is 7.11 Å². The Kier molecular flexibility index (Phi) is 4.20. The molecule has 0 aromatic heterocycles. The van der Waals surface area contributed by atoms with Crippen molar-refractivity contribution in [3.63, 3.8) is 0 Å². The summed E-state index contributed by atoms with van der Waals surface area (Å²) in [6.07, 6.45) is 14.5. The normalized spacial score (nSPS) is 34.7. The van der Waals surface area contributed by atoms with Crippen LogP contribution in [0.3, 0.4) is 0 Å². The van der Waals surface area contributed by atoms with E-state index in [1.54, 1.807) is 45.6 Å². The smallest absolute Gasteiger partial charge is 0.122 e. The molecule has 0 spiro atoms. The van der Waals surface area contributed by atoms with Crippen LogP contribution in [0, 0.1) is 23.2 Å². The minimum atomic E-state index is 0.731. The fourth-order valence-electron chi connectivity index (χ4n) is 6.41. The van der Waals surface area contributed by atoms with Crippen LogP contribution in [-0.4, -0.2) is 15.0 Å². The van der Waals surface area contributed by atoms with Gasteiger partial charge < -0.3 is 4.74 Å². The lowest BCUT2D eigenvalue weighted by atomic mass is 9.48. The molecule has 5 rings (SSSR count). The molecule has 0 saturated heterocycles. The molecule has 2 radical (unpaired) electrons. The van der Waals surface area contributed by atoms with E-state index in [0.29, 0.717) is 0 Å². The lowest BCUT2D eigenvalue weighted by Crippen LogP contribution is -2.45. The van der Waals surface area contributed by atoms with Gasteiger partial charge in [-0.2, -0.15) is 0 Å². The number of hydrogen-bond donors (Lipinski definition) is 0. The first-order valence-electron chi connectivity index (χ1n) is 9.58. The predicted octanol–water partition coefficient (Wildman–Crippen LogP) is 4.42. The van der Waals surface area contributed by atoms with E-state index >= 15 is 0 Å². The second-order valence-electron chi connectivity index (χ2n) is 8.70. The molecule has 4 fully saturated rings. The van der Waals surface area contributed by atoms with Crippen LogP contribution in [0.5, 0.6) is 5.75 Å². The van der Waals surface area contributed by atoms with E-state index in [1.807, 2.05) is 12.1 Å². The van der Waals surface area contributed by atoms with Crippen molar-refractivity contribution in [3.8, 4) is 5.75 Å². The molecule has 4 aliphatic carbocycles. The van der Waals surface area contributed by atoms with Crippen LogP contribution in [0.1, 0.15) is 63.4 Å². The van der Waals surface area contributed by atoms with Gasteiger partial charge in [-0.25, -0.2) is 0 Å². The SMILES string of the molecule is [B]c1ccc(OC)c(CCCCC23CC4CC(CC(C4)C2)C3)c1.